The van der Waals surface area contributed by atoms with Gasteiger partial charge in [0.1, 0.15) is 11.5 Å². The normalized spacial score (nSPS) is 13.8. The molecule has 5 nitrogen and oxygen atoms in total. The van der Waals surface area contributed by atoms with Crippen molar-refractivity contribution in [2.75, 3.05) is 26.8 Å². The Kier molecular flexibility index (Phi) is 5.87. The average Bonchev–Trinajstić information content (AvgIpc) is 3.33. The second-order valence-electron chi connectivity index (χ2n) is 5.29. The zero-order valence-corrected chi connectivity index (χ0v) is 12.8. The Morgan fingerprint density at radius 3 is 2.86 bits per heavy atom. The predicted octanol–water partition coefficient (Wildman–Crippen LogP) is 1.71. The minimum absolute atomic E-state index is 0.0537. The highest BCUT2D eigenvalue weighted by Gasteiger charge is 2.21. The van der Waals surface area contributed by atoms with Crippen LogP contribution in [0.5, 0.6) is 11.5 Å². The number of nitrogens with one attached hydrogen (secondary N) is 2. The van der Waals surface area contributed by atoms with E-state index in [4.69, 9.17) is 9.47 Å². The lowest BCUT2D eigenvalue weighted by atomic mass is 10.2. The lowest BCUT2D eigenvalue weighted by Crippen LogP contribution is -2.30. The lowest BCUT2D eigenvalue weighted by molar-refractivity contribution is -0.123. The van der Waals surface area contributed by atoms with Gasteiger partial charge in [0.2, 0.25) is 0 Å². The first-order valence-electron chi connectivity index (χ1n) is 7.50. The minimum Gasteiger partial charge on any atom is -0.497 e. The van der Waals surface area contributed by atoms with Gasteiger partial charge in [0.05, 0.1) is 7.11 Å². The highest BCUT2D eigenvalue weighted by molar-refractivity contribution is 5.77. The molecule has 2 rings (SSSR count). The van der Waals surface area contributed by atoms with Crippen LogP contribution >= 0.6 is 0 Å². The van der Waals surface area contributed by atoms with Crippen molar-refractivity contribution in [1.82, 2.24) is 10.6 Å². The van der Waals surface area contributed by atoms with E-state index in [1.54, 1.807) is 7.11 Å². The summed E-state index contributed by atoms with van der Waals surface area (Å²) in [6.45, 7) is 4.44. The molecule has 0 spiro atoms. The fourth-order valence-electron chi connectivity index (χ4n) is 2.00. The summed E-state index contributed by atoms with van der Waals surface area (Å²) in [7, 11) is 1.64. The van der Waals surface area contributed by atoms with Crippen molar-refractivity contribution in [3.63, 3.8) is 0 Å². The van der Waals surface area contributed by atoms with Crippen LogP contribution in [0.1, 0.15) is 25.3 Å². The second kappa shape index (κ2) is 7.88. The maximum atomic E-state index is 11.7. The monoisotopic (exact) mass is 292 g/mol. The lowest BCUT2D eigenvalue weighted by Gasteiger charge is -2.13. The molecule has 0 radical (unpaired) electrons. The van der Waals surface area contributed by atoms with Crippen molar-refractivity contribution in [3.8, 4) is 11.5 Å². The van der Waals surface area contributed by atoms with E-state index in [1.807, 2.05) is 25.1 Å². The van der Waals surface area contributed by atoms with Crippen LogP contribution in [0.15, 0.2) is 18.2 Å². The number of methoxy groups -OCH3 is 1. The van der Waals surface area contributed by atoms with E-state index >= 15 is 0 Å². The Hall–Kier alpha value is -1.75. The van der Waals surface area contributed by atoms with Gasteiger partial charge in [-0.2, -0.15) is 0 Å². The van der Waals surface area contributed by atoms with Crippen LogP contribution in [-0.2, 0) is 11.3 Å². The molecule has 1 saturated carbocycles. The quantitative estimate of drug-likeness (QED) is 0.727. The molecule has 1 aromatic carbocycles. The van der Waals surface area contributed by atoms with E-state index in [0.717, 1.165) is 30.2 Å². The minimum atomic E-state index is -0.0629. The molecule has 0 saturated heterocycles. The van der Waals surface area contributed by atoms with Crippen LogP contribution < -0.4 is 20.1 Å². The Bertz CT molecular complexity index is 473. The molecule has 0 unspecified atom stereocenters. The summed E-state index contributed by atoms with van der Waals surface area (Å²) < 4.78 is 10.9. The first-order chi connectivity index (χ1) is 10.2. The number of ether oxygens (including phenoxy) is 2. The van der Waals surface area contributed by atoms with Crippen molar-refractivity contribution in [3.05, 3.63) is 23.8 Å². The van der Waals surface area contributed by atoms with Crippen LogP contribution in [0.4, 0.5) is 0 Å². The molecular formula is C16H24N2O3. The molecule has 0 bridgehead atoms. The Morgan fingerprint density at radius 2 is 2.19 bits per heavy atom. The van der Waals surface area contributed by atoms with E-state index in [-0.39, 0.29) is 12.5 Å². The molecule has 0 aromatic heterocycles. The van der Waals surface area contributed by atoms with E-state index in [2.05, 4.69) is 10.6 Å². The molecule has 21 heavy (non-hydrogen) atoms. The molecule has 1 aliphatic rings. The van der Waals surface area contributed by atoms with Crippen molar-refractivity contribution < 1.29 is 14.3 Å². The number of hydrogen-bond donors (Lipinski definition) is 2. The number of amides is 1. The summed E-state index contributed by atoms with van der Waals surface area (Å²) in [6.07, 6.45) is 2.46. The zero-order chi connectivity index (χ0) is 15.1. The number of rotatable bonds is 9. The highest BCUT2D eigenvalue weighted by atomic mass is 16.5. The molecule has 1 aliphatic carbocycles. The third-order valence-corrected chi connectivity index (χ3v) is 3.48. The zero-order valence-electron chi connectivity index (χ0n) is 12.8. The van der Waals surface area contributed by atoms with Crippen LogP contribution in [0, 0.1) is 5.92 Å². The summed E-state index contributed by atoms with van der Waals surface area (Å²) in [6, 6.07) is 5.62. The third kappa shape index (κ3) is 5.27. The molecule has 0 atom stereocenters. The van der Waals surface area contributed by atoms with Crippen LogP contribution in [0.25, 0.3) is 0 Å². The number of carbonyl (C=O) groups is 1. The van der Waals surface area contributed by atoms with Crippen molar-refractivity contribution in [1.29, 1.82) is 0 Å². The van der Waals surface area contributed by atoms with Crippen LogP contribution in [0.2, 0.25) is 0 Å². The molecule has 1 fully saturated rings. The fourth-order valence-corrected chi connectivity index (χ4v) is 2.00. The fraction of sp³-hybridized carbons (Fsp3) is 0.562. The smallest absolute Gasteiger partial charge is 0.257 e. The summed E-state index contributed by atoms with van der Waals surface area (Å²) >= 11 is 0. The first-order valence-corrected chi connectivity index (χ1v) is 7.50. The van der Waals surface area contributed by atoms with Gasteiger partial charge in [0.15, 0.2) is 6.61 Å². The molecule has 2 N–H and O–H groups in total. The predicted molar refractivity (Wildman–Crippen MR) is 81.6 cm³/mol. The molecule has 1 aromatic rings. The van der Waals surface area contributed by atoms with E-state index in [0.29, 0.717) is 12.5 Å². The van der Waals surface area contributed by atoms with Gasteiger partial charge in [-0.15, -0.1) is 0 Å². The molecule has 0 aliphatic heterocycles. The SMILES string of the molecule is CCNCc1cc(OC)ccc1OCC(=O)NCC1CC1. The second-order valence-corrected chi connectivity index (χ2v) is 5.29. The van der Waals surface area contributed by atoms with Gasteiger partial charge in [-0.25, -0.2) is 0 Å². The summed E-state index contributed by atoms with van der Waals surface area (Å²) in [5.41, 5.74) is 0.992. The topological polar surface area (TPSA) is 59.6 Å². The number of carbonyl (C=O) groups excluding carboxylic acids is 1. The van der Waals surface area contributed by atoms with Gasteiger partial charge < -0.3 is 20.1 Å². The first kappa shape index (κ1) is 15.6. The standard InChI is InChI=1S/C16H24N2O3/c1-3-17-10-13-8-14(20-2)6-7-15(13)21-11-16(19)18-9-12-4-5-12/h6-8,12,17H,3-5,9-11H2,1-2H3,(H,18,19). The summed E-state index contributed by atoms with van der Waals surface area (Å²) in [5, 5.41) is 6.15. The third-order valence-electron chi connectivity index (χ3n) is 3.48. The highest BCUT2D eigenvalue weighted by Crippen LogP contribution is 2.27. The van der Waals surface area contributed by atoms with E-state index < -0.39 is 0 Å². The van der Waals surface area contributed by atoms with Gasteiger partial charge in [-0.3, -0.25) is 4.79 Å². The summed E-state index contributed by atoms with van der Waals surface area (Å²) in [5.74, 6) is 2.12. The van der Waals surface area contributed by atoms with Gasteiger partial charge in [0, 0.05) is 18.7 Å². The average molecular weight is 292 g/mol. The van der Waals surface area contributed by atoms with Crippen molar-refractivity contribution >= 4 is 5.91 Å². The van der Waals surface area contributed by atoms with Crippen molar-refractivity contribution in [2.45, 2.75) is 26.3 Å². The van der Waals surface area contributed by atoms with Gasteiger partial charge in [-0.1, -0.05) is 6.92 Å². The Morgan fingerprint density at radius 1 is 1.38 bits per heavy atom. The molecular weight excluding hydrogens is 268 g/mol. The van der Waals surface area contributed by atoms with Gasteiger partial charge in [-0.05, 0) is 43.5 Å². The Balaban J connectivity index is 1.88. The molecule has 1 amide bonds. The number of benzene rings is 1. The van der Waals surface area contributed by atoms with Crippen LogP contribution in [0.3, 0.4) is 0 Å². The van der Waals surface area contributed by atoms with E-state index in [1.165, 1.54) is 12.8 Å². The molecule has 116 valence electrons. The van der Waals surface area contributed by atoms with E-state index in [9.17, 15) is 4.79 Å². The maximum absolute atomic E-state index is 11.7. The van der Waals surface area contributed by atoms with Crippen molar-refractivity contribution in [2.24, 2.45) is 5.92 Å². The largest absolute Gasteiger partial charge is 0.497 e. The Labute approximate surface area is 126 Å². The van der Waals surface area contributed by atoms with Gasteiger partial charge in [0.25, 0.3) is 5.91 Å². The summed E-state index contributed by atoms with van der Waals surface area (Å²) in [4.78, 5) is 11.7. The maximum Gasteiger partial charge on any atom is 0.257 e. The molecule has 0 heterocycles. The van der Waals surface area contributed by atoms with Gasteiger partial charge >= 0.3 is 0 Å². The van der Waals surface area contributed by atoms with Crippen LogP contribution in [-0.4, -0.2) is 32.7 Å². The molecule has 5 heteroatoms. The number of hydrogen-bond acceptors (Lipinski definition) is 4.